The zero-order valence-corrected chi connectivity index (χ0v) is 21.6. The van der Waals surface area contributed by atoms with Gasteiger partial charge in [0, 0.05) is 51.9 Å². The second-order valence-electron chi connectivity index (χ2n) is 9.29. The Morgan fingerprint density at radius 3 is 2.21 bits per heavy atom. The topological polar surface area (TPSA) is 81.7 Å². The number of ether oxygens (including phenoxy) is 1. The van der Waals surface area contributed by atoms with Crippen LogP contribution in [0, 0.1) is 0 Å². The van der Waals surface area contributed by atoms with E-state index in [0.29, 0.717) is 0 Å². The third-order valence-electron chi connectivity index (χ3n) is 6.53. The summed E-state index contributed by atoms with van der Waals surface area (Å²) >= 11 is 0. The lowest BCUT2D eigenvalue weighted by molar-refractivity contribution is -0.192. The minimum absolute atomic E-state index is 0.817. The van der Waals surface area contributed by atoms with Gasteiger partial charge in [-0.15, -0.1) is 0 Å². The summed E-state index contributed by atoms with van der Waals surface area (Å²) in [6.07, 6.45) is -5.08. The summed E-state index contributed by atoms with van der Waals surface area (Å²) in [5.41, 5.74) is 7.03. The smallest absolute Gasteiger partial charge is 0.475 e. The summed E-state index contributed by atoms with van der Waals surface area (Å²) in [6.45, 7) is 7.31. The molecule has 1 aromatic heterocycles. The number of methoxy groups -OCH3 is 1. The fraction of sp³-hybridized carbons (Fsp3) is 0.310. The number of aliphatic carboxylic acids is 1. The van der Waals surface area contributed by atoms with Gasteiger partial charge < -0.3 is 14.8 Å². The molecule has 0 aliphatic carbocycles. The van der Waals surface area contributed by atoms with E-state index in [2.05, 4.69) is 69.4 Å². The van der Waals surface area contributed by atoms with Crippen LogP contribution in [-0.2, 0) is 16.1 Å². The first-order valence-corrected chi connectivity index (χ1v) is 12.6. The first kappa shape index (κ1) is 28.3. The van der Waals surface area contributed by atoms with Crippen molar-refractivity contribution < 1.29 is 27.8 Å². The van der Waals surface area contributed by atoms with Crippen LogP contribution in [0.2, 0.25) is 0 Å². The summed E-state index contributed by atoms with van der Waals surface area (Å²) in [7, 11) is 1.77. The molecule has 2 N–H and O–H groups in total. The zero-order chi connectivity index (χ0) is 27.8. The molecule has 3 aromatic carbocycles. The van der Waals surface area contributed by atoms with Gasteiger partial charge in [-0.1, -0.05) is 54.6 Å². The average molecular weight is 541 g/mol. The van der Waals surface area contributed by atoms with E-state index < -0.39 is 12.1 Å². The number of piperazine rings is 1. The maximum atomic E-state index is 10.6. The van der Waals surface area contributed by atoms with Crippen LogP contribution in [0.1, 0.15) is 5.56 Å². The van der Waals surface area contributed by atoms with Gasteiger partial charge in [-0.2, -0.15) is 13.2 Å². The minimum atomic E-state index is -5.08. The highest BCUT2D eigenvalue weighted by Crippen LogP contribution is 2.26. The maximum Gasteiger partial charge on any atom is 0.490 e. The molecule has 39 heavy (non-hydrogen) atoms. The molecule has 1 aliphatic heterocycles. The number of fused-ring (bicyclic) bond motifs is 1. The second kappa shape index (κ2) is 12.9. The number of para-hydroxylation sites is 2. The molecule has 0 spiro atoms. The van der Waals surface area contributed by atoms with Crippen molar-refractivity contribution in [3.05, 3.63) is 78.4 Å². The van der Waals surface area contributed by atoms with Crippen LogP contribution in [0.15, 0.2) is 72.8 Å². The minimum Gasteiger partial charge on any atom is -0.475 e. The van der Waals surface area contributed by atoms with Gasteiger partial charge in [-0.05, 0) is 34.9 Å². The number of hydrogen-bond acceptors (Lipinski definition) is 5. The van der Waals surface area contributed by atoms with Crippen LogP contribution in [0.3, 0.4) is 0 Å². The molecule has 2 heterocycles. The molecule has 0 unspecified atom stereocenters. The number of halogens is 3. The lowest BCUT2D eigenvalue weighted by Gasteiger charge is -2.34. The third-order valence-corrected chi connectivity index (χ3v) is 6.53. The van der Waals surface area contributed by atoms with Gasteiger partial charge in [0.1, 0.15) is 5.82 Å². The van der Waals surface area contributed by atoms with Crippen molar-refractivity contribution >= 4 is 17.0 Å². The molecule has 1 aliphatic rings. The number of alkyl halides is 3. The predicted octanol–water partition coefficient (Wildman–Crippen LogP) is 5.29. The number of aromatic nitrogens is 2. The first-order valence-electron chi connectivity index (χ1n) is 12.6. The van der Waals surface area contributed by atoms with Crippen molar-refractivity contribution in [2.75, 3.05) is 46.4 Å². The van der Waals surface area contributed by atoms with E-state index in [1.807, 2.05) is 18.2 Å². The molecule has 0 atom stereocenters. The van der Waals surface area contributed by atoms with Crippen molar-refractivity contribution in [1.82, 2.24) is 19.8 Å². The first-order chi connectivity index (χ1) is 18.7. The normalized spacial score (nSPS) is 14.7. The van der Waals surface area contributed by atoms with E-state index in [1.165, 1.54) is 16.7 Å². The Labute approximate surface area is 224 Å². The van der Waals surface area contributed by atoms with Crippen LogP contribution in [0.4, 0.5) is 13.2 Å². The van der Waals surface area contributed by atoms with Gasteiger partial charge in [-0.25, -0.2) is 9.78 Å². The number of aromatic amines is 1. The van der Waals surface area contributed by atoms with Gasteiger partial charge in [0.25, 0.3) is 0 Å². The van der Waals surface area contributed by atoms with Crippen molar-refractivity contribution in [1.29, 1.82) is 0 Å². The van der Waals surface area contributed by atoms with E-state index in [4.69, 9.17) is 19.6 Å². The van der Waals surface area contributed by atoms with Gasteiger partial charge in [0.2, 0.25) is 0 Å². The Hall–Kier alpha value is -3.73. The van der Waals surface area contributed by atoms with Crippen molar-refractivity contribution in [2.45, 2.75) is 12.7 Å². The lowest BCUT2D eigenvalue weighted by atomic mass is 10.0. The van der Waals surface area contributed by atoms with E-state index in [-0.39, 0.29) is 0 Å². The van der Waals surface area contributed by atoms with E-state index in [0.717, 1.165) is 68.3 Å². The maximum absolute atomic E-state index is 10.6. The molecule has 4 aromatic rings. The Morgan fingerprint density at radius 1 is 0.923 bits per heavy atom. The lowest BCUT2D eigenvalue weighted by Crippen LogP contribution is -2.46. The van der Waals surface area contributed by atoms with Crippen LogP contribution in [0.5, 0.6) is 0 Å². The van der Waals surface area contributed by atoms with E-state index in [9.17, 15) is 13.2 Å². The summed E-state index contributed by atoms with van der Waals surface area (Å²) in [5.74, 6) is -1.84. The fourth-order valence-corrected chi connectivity index (χ4v) is 4.41. The SMILES string of the molecule is COCCN1CCN(Cc2cccc(-c3ccc(-c4nc5ccccc5[nH]4)cc3)c2)CC1.O=C(O)C(F)(F)F. The highest BCUT2D eigenvalue weighted by atomic mass is 19.4. The largest absolute Gasteiger partial charge is 0.490 e. The molecule has 1 saturated heterocycles. The van der Waals surface area contributed by atoms with Gasteiger partial charge >= 0.3 is 12.1 Å². The molecule has 7 nitrogen and oxygen atoms in total. The Balaban J connectivity index is 0.000000448. The number of carboxylic acids is 1. The van der Waals surface area contributed by atoms with Crippen LogP contribution in [0.25, 0.3) is 33.5 Å². The van der Waals surface area contributed by atoms with E-state index >= 15 is 0 Å². The number of nitrogens with zero attached hydrogens (tertiary/aromatic N) is 3. The Kier molecular flexibility index (Phi) is 9.34. The molecule has 1 fully saturated rings. The summed E-state index contributed by atoms with van der Waals surface area (Å²) in [4.78, 5) is 22.1. The Morgan fingerprint density at radius 2 is 1.56 bits per heavy atom. The van der Waals surface area contributed by atoms with Crippen LogP contribution >= 0.6 is 0 Å². The number of carboxylic acid groups (broad SMARTS) is 1. The average Bonchev–Trinajstić information content (AvgIpc) is 3.37. The molecule has 10 heteroatoms. The van der Waals surface area contributed by atoms with Gasteiger partial charge in [-0.3, -0.25) is 9.80 Å². The number of imidazole rings is 1. The highest BCUT2D eigenvalue weighted by molar-refractivity contribution is 5.79. The number of H-pyrrole nitrogens is 1. The van der Waals surface area contributed by atoms with Crippen LogP contribution in [-0.4, -0.2) is 83.5 Å². The molecule has 0 radical (unpaired) electrons. The zero-order valence-electron chi connectivity index (χ0n) is 21.6. The summed E-state index contributed by atoms with van der Waals surface area (Å²) in [6, 6.07) is 25.8. The van der Waals surface area contributed by atoms with Gasteiger partial charge in [0.05, 0.1) is 17.6 Å². The molecule has 5 rings (SSSR count). The van der Waals surface area contributed by atoms with Crippen molar-refractivity contribution in [3.8, 4) is 22.5 Å². The molecular weight excluding hydrogens is 509 g/mol. The highest BCUT2D eigenvalue weighted by Gasteiger charge is 2.38. The second-order valence-corrected chi connectivity index (χ2v) is 9.29. The van der Waals surface area contributed by atoms with Gasteiger partial charge in [0.15, 0.2) is 0 Å². The molecule has 0 bridgehead atoms. The summed E-state index contributed by atoms with van der Waals surface area (Å²) < 4.78 is 36.9. The molecule has 0 saturated carbocycles. The monoisotopic (exact) mass is 540 g/mol. The summed E-state index contributed by atoms with van der Waals surface area (Å²) in [5, 5.41) is 7.12. The number of rotatable bonds is 7. The van der Waals surface area contributed by atoms with Crippen molar-refractivity contribution in [3.63, 3.8) is 0 Å². The molecule has 0 amide bonds. The quantitative estimate of drug-likeness (QED) is 0.331. The standard InChI is InChI=1S/C27H30N4O.C2HF3O2/c1-32-18-17-30-13-15-31(16-14-30)20-21-5-4-6-24(19-21)22-9-11-23(12-10-22)27-28-25-7-2-3-8-26(25)29-27;3-2(4,5)1(6)7/h2-12,19H,13-18,20H2,1H3,(H,28,29);(H,6,7). The number of hydrogen-bond donors (Lipinski definition) is 2. The number of carbonyl (C=O) groups is 1. The fourth-order valence-electron chi connectivity index (χ4n) is 4.41. The predicted molar refractivity (Wildman–Crippen MR) is 144 cm³/mol. The molecular formula is C29H31F3N4O3. The van der Waals surface area contributed by atoms with Crippen molar-refractivity contribution in [2.24, 2.45) is 0 Å². The third kappa shape index (κ3) is 7.89. The number of benzene rings is 3. The van der Waals surface area contributed by atoms with Crippen LogP contribution < -0.4 is 0 Å². The van der Waals surface area contributed by atoms with E-state index in [1.54, 1.807) is 7.11 Å². The Bertz CT molecular complexity index is 1330. The molecule has 206 valence electrons. The number of nitrogens with one attached hydrogen (secondary N) is 1.